The average Bonchev–Trinajstić information content (AvgIpc) is 2.91. The number of nitrogens with two attached hydrogens (primary N) is 1. The van der Waals surface area contributed by atoms with Crippen molar-refractivity contribution >= 4 is 11.9 Å². The molecule has 1 aromatic heterocycles. The Morgan fingerprint density at radius 1 is 1.33 bits per heavy atom. The SMILES string of the molecule is CC(C(=O)O)N1CCN(C(=O)C(N)c2cnn(C)c2)CC1. The Labute approximate surface area is 123 Å². The molecule has 3 N–H and O–H groups in total. The second kappa shape index (κ2) is 6.23. The topological polar surface area (TPSA) is 105 Å². The third-order valence-electron chi connectivity index (χ3n) is 3.88. The van der Waals surface area contributed by atoms with Crippen LogP contribution in [-0.4, -0.2) is 68.8 Å². The van der Waals surface area contributed by atoms with Crippen molar-refractivity contribution in [3.05, 3.63) is 18.0 Å². The first kappa shape index (κ1) is 15.5. The number of aromatic nitrogens is 2. The Balaban J connectivity index is 1.92. The van der Waals surface area contributed by atoms with Crippen LogP contribution in [0.2, 0.25) is 0 Å². The summed E-state index contributed by atoms with van der Waals surface area (Å²) in [7, 11) is 1.77. The first-order valence-electron chi connectivity index (χ1n) is 6.90. The average molecular weight is 295 g/mol. The normalized spacial score (nSPS) is 19.3. The number of carboxylic acid groups (broad SMARTS) is 1. The summed E-state index contributed by atoms with van der Waals surface area (Å²) in [5, 5.41) is 13.0. The number of amides is 1. The molecule has 0 radical (unpaired) electrons. The van der Waals surface area contributed by atoms with Crippen LogP contribution in [0.1, 0.15) is 18.5 Å². The number of carboxylic acids is 1. The van der Waals surface area contributed by atoms with Crippen LogP contribution in [0, 0.1) is 0 Å². The molecule has 21 heavy (non-hydrogen) atoms. The van der Waals surface area contributed by atoms with Gasteiger partial charge < -0.3 is 15.7 Å². The lowest BCUT2D eigenvalue weighted by atomic mass is 10.1. The van der Waals surface area contributed by atoms with Crippen molar-refractivity contribution < 1.29 is 14.7 Å². The summed E-state index contributed by atoms with van der Waals surface area (Å²) >= 11 is 0. The molecule has 1 amide bonds. The number of hydrogen-bond acceptors (Lipinski definition) is 5. The summed E-state index contributed by atoms with van der Waals surface area (Å²) in [6.45, 7) is 3.72. The molecule has 116 valence electrons. The van der Waals surface area contributed by atoms with Crippen LogP contribution < -0.4 is 5.73 Å². The Kier molecular flexibility index (Phi) is 4.59. The maximum absolute atomic E-state index is 12.3. The quantitative estimate of drug-likeness (QED) is 0.741. The lowest BCUT2D eigenvalue weighted by molar-refractivity contribution is -0.144. The van der Waals surface area contributed by atoms with Gasteiger partial charge in [-0.25, -0.2) is 0 Å². The Morgan fingerprint density at radius 2 is 1.95 bits per heavy atom. The molecule has 1 aromatic rings. The number of aliphatic carboxylic acids is 1. The van der Waals surface area contributed by atoms with Crippen LogP contribution in [0.5, 0.6) is 0 Å². The molecule has 8 heteroatoms. The maximum atomic E-state index is 12.3. The van der Waals surface area contributed by atoms with Gasteiger partial charge in [0.2, 0.25) is 5.91 Å². The second-order valence-corrected chi connectivity index (χ2v) is 5.30. The maximum Gasteiger partial charge on any atom is 0.320 e. The van der Waals surface area contributed by atoms with Gasteiger partial charge in [-0.3, -0.25) is 19.2 Å². The molecule has 1 fully saturated rings. The van der Waals surface area contributed by atoms with Crippen molar-refractivity contribution in [2.75, 3.05) is 26.2 Å². The van der Waals surface area contributed by atoms with Crippen LogP contribution in [0.15, 0.2) is 12.4 Å². The highest BCUT2D eigenvalue weighted by Gasteiger charge is 2.30. The van der Waals surface area contributed by atoms with Crippen LogP contribution >= 0.6 is 0 Å². The number of rotatable bonds is 4. The summed E-state index contributed by atoms with van der Waals surface area (Å²) in [6, 6.07) is -1.25. The molecule has 2 rings (SSSR count). The highest BCUT2D eigenvalue weighted by Crippen LogP contribution is 2.14. The van der Waals surface area contributed by atoms with Gasteiger partial charge in [-0.2, -0.15) is 5.10 Å². The van der Waals surface area contributed by atoms with Gasteiger partial charge in [-0.15, -0.1) is 0 Å². The van der Waals surface area contributed by atoms with Crippen molar-refractivity contribution in [3.63, 3.8) is 0 Å². The third kappa shape index (κ3) is 3.40. The van der Waals surface area contributed by atoms with E-state index in [9.17, 15) is 9.59 Å². The van der Waals surface area contributed by atoms with Crippen molar-refractivity contribution in [1.82, 2.24) is 19.6 Å². The Morgan fingerprint density at radius 3 is 2.43 bits per heavy atom. The van der Waals surface area contributed by atoms with Crippen LogP contribution in [0.3, 0.4) is 0 Å². The van der Waals surface area contributed by atoms with Gasteiger partial charge in [0.25, 0.3) is 0 Å². The highest BCUT2D eigenvalue weighted by atomic mass is 16.4. The minimum absolute atomic E-state index is 0.148. The summed E-state index contributed by atoms with van der Waals surface area (Å²) < 4.78 is 1.61. The van der Waals surface area contributed by atoms with Crippen molar-refractivity contribution in [3.8, 4) is 0 Å². The van der Waals surface area contributed by atoms with Gasteiger partial charge in [0.1, 0.15) is 12.1 Å². The van der Waals surface area contributed by atoms with Crippen molar-refractivity contribution in [2.45, 2.75) is 19.0 Å². The van der Waals surface area contributed by atoms with E-state index in [1.807, 2.05) is 4.90 Å². The predicted molar refractivity (Wildman–Crippen MR) is 75.4 cm³/mol. The Bertz CT molecular complexity index is 522. The monoisotopic (exact) mass is 295 g/mol. The van der Waals surface area contributed by atoms with Crippen LogP contribution in [0.25, 0.3) is 0 Å². The van der Waals surface area contributed by atoms with E-state index < -0.39 is 18.1 Å². The van der Waals surface area contributed by atoms with Crippen molar-refractivity contribution in [2.24, 2.45) is 12.8 Å². The number of aryl methyl sites for hydroxylation is 1. The standard InChI is InChI=1S/C13H21N5O3/c1-9(13(20)21)17-3-5-18(6-4-17)12(19)11(14)10-7-15-16(2)8-10/h7-9,11H,3-6,14H2,1-2H3,(H,20,21). The van der Waals surface area contributed by atoms with E-state index in [1.165, 1.54) is 0 Å². The molecular weight excluding hydrogens is 274 g/mol. The summed E-state index contributed by atoms with van der Waals surface area (Å²) in [4.78, 5) is 26.8. The fourth-order valence-corrected chi connectivity index (χ4v) is 2.43. The molecule has 2 heterocycles. The lowest BCUT2D eigenvalue weighted by Crippen LogP contribution is -2.54. The summed E-state index contributed by atoms with van der Waals surface area (Å²) in [5.74, 6) is -0.993. The number of carbonyl (C=O) groups excluding carboxylic acids is 1. The zero-order valence-corrected chi connectivity index (χ0v) is 12.3. The van der Waals surface area contributed by atoms with E-state index in [1.54, 1.807) is 35.9 Å². The van der Waals surface area contributed by atoms with Crippen LogP contribution in [0.4, 0.5) is 0 Å². The first-order valence-corrected chi connectivity index (χ1v) is 6.90. The largest absolute Gasteiger partial charge is 0.480 e. The molecule has 0 bridgehead atoms. The molecule has 0 aliphatic carbocycles. The Hall–Kier alpha value is -1.93. The molecule has 1 aliphatic heterocycles. The van der Waals surface area contributed by atoms with Crippen molar-refractivity contribution in [1.29, 1.82) is 0 Å². The van der Waals surface area contributed by atoms with Gasteiger partial charge in [0, 0.05) is 45.0 Å². The molecule has 1 saturated heterocycles. The molecule has 0 saturated carbocycles. The second-order valence-electron chi connectivity index (χ2n) is 5.30. The fraction of sp³-hybridized carbons (Fsp3) is 0.615. The fourth-order valence-electron chi connectivity index (χ4n) is 2.43. The summed E-state index contributed by atoms with van der Waals surface area (Å²) in [5.41, 5.74) is 6.66. The lowest BCUT2D eigenvalue weighted by Gasteiger charge is -2.37. The summed E-state index contributed by atoms with van der Waals surface area (Å²) in [6.07, 6.45) is 3.32. The molecule has 0 aromatic carbocycles. The molecule has 0 spiro atoms. The van der Waals surface area contributed by atoms with E-state index in [0.717, 1.165) is 0 Å². The van der Waals surface area contributed by atoms with E-state index in [-0.39, 0.29) is 5.91 Å². The van der Waals surface area contributed by atoms with Gasteiger partial charge in [-0.1, -0.05) is 0 Å². The minimum Gasteiger partial charge on any atom is -0.480 e. The third-order valence-corrected chi connectivity index (χ3v) is 3.88. The van der Waals surface area contributed by atoms with Gasteiger partial charge >= 0.3 is 5.97 Å². The first-order chi connectivity index (χ1) is 9.90. The van der Waals surface area contributed by atoms with E-state index >= 15 is 0 Å². The molecule has 2 unspecified atom stereocenters. The molecule has 2 atom stereocenters. The number of carbonyl (C=O) groups is 2. The highest BCUT2D eigenvalue weighted by molar-refractivity contribution is 5.83. The smallest absolute Gasteiger partial charge is 0.320 e. The van der Waals surface area contributed by atoms with Crippen LogP contribution in [-0.2, 0) is 16.6 Å². The van der Waals surface area contributed by atoms with Gasteiger partial charge in [0.15, 0.2) is 0 Å². The minimum atomic E-state index is -0.846. The molecule has 8 nitrogen and oxygen atoms in total. The zero-order valence-electron chi connectivity index (χ0n) is 12.3. The van der Waals surface area contributed by atoms with E-state index in [4.69, 9.17) is 10.8 Å². The molecular formula is C13H21N5O3. The van der Waals surface area contributed by atoms with E-state index in [2.05, 4.69) is 5.10 Å². The number of piperazine rings is 1. The van der Waals surface area contributed by atoms with Gasteiger partial charge in [-0.05, 0) is 6.92 Å². The molecule has 1 aliphatic rings. The number of hydrogen-bond donors (Lipinski definition) is 2. The van der Waals surface area contributed by atoms with Gasteiger partial charge in [0.05, 0.1) is 6.20 Å². The predicted octanol–water partition coefficient (Wildman–Crippen LogP) is -0.963. The number of nitrogens with zero attached hydrogens (tertiary/aromatic N) is 4. The van der Waals surface area contributed by atoms with E-state index in [0.29, 0.717) is 31.7 Å². The zero-order chi connectivity index (χ0) is 15.6.